The third-order valence-corrected chi connectivity index (χ3v) is 5.57. The number of fused-ring (bicyclic) bond motifs is 3. The molecule has 0 amide bonds. The topological polar surface area (TPSA) is 47.1 Å². The molecule has 0 bridgehead atoms. The summed E-state index contributed by atoms with van der Waals surface area (Å²) >= 11 is 0. The SMILES string of the molecule is C1CCCCC1.CC.CC.CC(C)C1Nc2ccccc2C2NCCC21.C[O-].[K+]. The molecule has 3 aliphatic rings. The Balaban J connectivity index is 0. The maximum absolute atomic E-state index is 8.25. The fraction of sp³-hybridized carbons (Fsp3) is 0.760. The van der Waals surface area contributed by atoms with Gasteiger partial charge >= 0.3 is 51.4 Å². The molecule has 2 heterocycles. The Morgan fingerprint density at radius 3 is 1.83 bits per heavy atom. The van der Waals surface area contributed by atoms with Crippen LogP contribution in [0.5, 0.6) is 0 Å². The van der Waals surface area contributed by atoms with Crippen LogP contribution >= 0.6 is 0 Å². The molecule has 29 heavy (non-hydrogen) atoms. The molecule has 1 aromatic rings. The third-order valence-electron chi connectivity index (χ3n) is 5.57. The van der Waals surface area contributed by atoms with Crippen molar-refractivity contribution in [2.75, 3.05) is 19.0 Å². The molecule has 4 rings (SSSR count). The van der Waals surface area contributed by atoms with Gasteiger partial charge in [-0.15, -0.1) is 0 Å². The Morgan fingerprint density at radius 2 is 1.34 bits per heavy atom. The van der Waals surface area contributed by atoms with Gasteiger partial charge in [0.05, 0.1) is 0 Å². The van der Waals surface area contributed by atoms with Crippen molar-refractivity contribution in [3.8, 4) is 0 Å². The normalized spacial score (nSPS) is 23.3. The summed E-state index contributed by atoms with van der Waals surface area (Å²) in [6.45, 7) is 13.8. The molecular weight excluding hydrogens is 383 g/mol. The van der Waals surface area contributed by atoms with Gasteiger partial charge in [0, 0.05) is 23.7 Å². The van der Waals surface area contributed by atoms with E-state index in [1.807, 2.05) is 27.7 Å². The van der Waals surface area contributed by atoms with Crippen molar-refractivity contribution < 1.29 is 56.5 Å². The molecule has 1 aromatic carbocycles. The van der Waals surface area contributed by atoms with Crippen LogP contribution in [0, 0.1) is 11.8 Å². The Morgan fingerprint density at radius 1 is 0.862 bits per heavy atom. The largest absolute Gasteiger partial charge is 1.00 e. The molecule has 3 unspecified atom stereocenters. The van der Waals surface area contributed by atoms with E-state index in [4.69, 9.17) is 5.11 Å². The van der Waals surface area contributed by atoms with Crippen LogP contribution < -0.4 is 67.1 Å². The average molecular weight is 431 g/mol. The average Bonchev–Trinajstić information content (AvgIpc) is 3.29. The van der Waals surface area contributed by atoms with Crippen LogP contribution in [0.25, 0.3) is 0 Å². The van der Waals surface area contributed by atoms with Crippen LogP contribution in [0.1, 0.15) is 98.1 Å². The fourth-order valence-electron chi connectivity index (χ4n) is 4.36. The standard InChI is InChI=1S/C14H20N2.C6H12.2C2H6.CH3O.K/c1-9(2)13-11-7-8-15-14(11)10-5-3-4-6-12(10)16-13;1-2-4-6-5-3-1;3*1-2;/h3-6,9,11,13-16H,7-8H2,1-2H3;1-6H2;2*1-2H3;1H3;/q;;;;-1;+1. The number of hydrogen-bond acceptors (Lipinski definition) is 3. The molecule has 164 valence electrons. The van der Waals surface area contributed by atoms with E-state index in [0.717, 1.165) is 19.6 Å². The van der Waals surface area contributed by atoms with E-state index >= 15 is 0 Å². The Labute approximate surface area is 224 Å². The van der Waals surface area contributed by atoms with Crippen LogP contribution in [-0.4, -0.2) is 19.7 Å². The van der Waals surface area contributed by atoms with Gasteiger partial charge in [-0.05, 0) is 30.5 Å². The number of para-hydroxylation sites is 1. The molecule has 0 aromatic heterocycles. The molecule has 0 radical (unpaired) electrons. The fourth-order valence-corrected chi connectivity index (χ4v) is 4.36. The molecule has 2 fully saturated rings. The third kappa shape index (κ3) is 10.6. The number of hydrogen-bond donors (Lipinski definition) is 2. The van der Waals surface area contributed by atoms with E-state index in [0.29, 0.717) is 18.0 Å². The van der Waals surface area contributed by atoms with Crippen molar-refractivity contribution in [3.05, 3.63) is 29.8 Å². The molecule has 3 nitrogen and oxygen atoms in total. The minimum atomic E-state index is 0. The number of anilines is 1. The smallest absolute Gasteiger partial charge is 0.857 e. The molecular formula is C25H47KN2O. The van der Waals surface area contributed by atoms with Gasteiger partial charge in [-0.1, -0.05) is 98.3 Å². The summed E-state index contributed by atoms with van der Waals surface area (Å²) in [6, 6.07) is 9.93. The second kappa shape index (κ2) is 20.5. The Bertz CT molecular complexity index is 466. The van der Waals surface area contributed by atoms with Crippen LogP contribution in [-0.2, 0) is 0 Å². The van der Waals surface area contributed by atoms with Crippen molar-refractivity contribution in [1.29, 1.82) is 0 Å². The van der Waals surface area contributed by atoms with Gasteiger partial charge in [-0.3, -0.25) is 0 Å². The van der Waals surface area contributed by atoms with Crippen LogP contribution in [0.4, 0.5) is 5.69 Å². The van der Waals surface area contributed by atoms with Gasteiger partial charge in [0.1, 0.15) is 0 Å². The van der Waals surface area contributed by atoms with Gasteiger partial charge in [0.25, 0.3) is 0 Å². The summed E-state index contributed by atoms with van der Waals surface area (Å²) in [4.78, 5) is 0. The van der Waals surface area contributed by atoms with Crippen molar-refractivity contribution in [2.45, 2.75) is 98.6 Å². The summed E-state index contributed by atoms with van der Waals surface area (Å²) in [5.74, 6) is 1.45. The molecule has 1 saturated heterocycles. The summed E-state index contributed by atoms with van der Waals surface area (Å²) < 4.78 is 0. The van der Waals surface area contributed by atoms with Gasteiger partial charge in [0.2, 0.25) is 0 Å². The minimum Gasteiger partial charge on any atom is -0.857 e. The van der Waals surface area contributed by atoms with E-state index in [1.54, 1.807) is 0 Å². The second-order valence-electron chi connectivity index (χ2n) is 7.51. The summed E-state index contributed by atoms with van der Waals surface area (Å²) in [5, 5.41) is 15.6. The van der Waals surface area contributed by atoms with Gasteiger partial charge in [-0.2, -0.15) is 7.11 Å². The number of benzene rings is 1. The molecule has 1 saturated carbocycles. The first-order valence-electron chi connectivity index (χ1n) is 11.8. The molecule has 0 spiro atoms. The van der Waals surface area contributed by atoms with Gasteiger partial charge < -0.3 is 15.7 Å². The van der Waals surface area contributed by atoms with E-state index in [-0.39, 0.29) is 51.4 Å². The van der Waals surface area contributed by atoms with E-state index in [1.165, 1.54) is 56.2 Å². The zero-order valence-corrected chi connectivity index (χ0v) is 23.8. The number of nitrogens with one attached hydrogen (secondary N) is 2. The predicted molar refractivity (Wildman–Crippen MR) is 124 cm³/mol. The molecule has 4 heteroatoms. The van der Waals surface area contributed by atoms with Crippen LogP contribution in [0.2, 0.25) is 0 Å². The van der Waals surface area contributed by atoms with Crippen molar-refractivity contribution in [1.82, 2.24) is 5.32 Å². The quantitative estimate of drug-likeness (QED) is 0.673. The monoisotopic (exact) mass is 430 g/mol. The molecule has 2 aliphatic heterocycles. The summed E-state index contributed by atoms with van der Waals surface area (Å²) in [6.07, 6.45) is 10.3. The predicted octanol–water partition coefficient (Wildman–Crippen LogP) is 3.16. The maximum atomic E-state index is 8.25. The first-order valence-corrected chi connectivity index (χ1v) is 11.8. The first-order chi connectivity index (χ1) is 13.8. The van der Waals surface area contributed by atoms with Crippen LogP contribution in [0.15, 0.2) is 24.3 Å². The number of rotatable bonds is 1. The summed E-state index contributed by atoms with van der Waals surface area (Å²) in [7, 11) is 0.750. The molecule has 3 atom stereocenters. The van der Waals surface area contributed by atoms with E-state index < -0.39 is 0 Å². The zero-order valence-electron chi connectivity index (χ0n) is 20.7. The maximum Gasteiger partial charge on any atom is 1.00 e. The van der Waals surface area contributed by atoms with Gasteiger partial charge in [-0.25, -0.2) is 0 Å². The van der Waals surface area contributed by atoms with E-state index in [2.05, 4.69) is 48.7 Å². The summed E-state index contributed by atoms with van der Waals surface area (Å²) in [5.41, 5.74) is 2.79. The van der Waals surface area contributed by atoms with Gasteiger partial charge in [0.15, 0.2) is 0 Å². The molecule has 1 aliphatic carbocycles. The van der Waals surface area contributed by atoms with Crippen molar-refractivity contribution >= 4 is 5.69 Å². The second-order valence-corrected chi connectivity index (χ2v) is 7.51. The Kier molecular flexibility index (Phi) is 22.4. The van der Waals surface area contributed by atoms with E-state index in [9.17, 15) is 0 Å². The molecule has 2 N–H and O–H groups in total. The zero-order chi connectivity index (χ0) is 21.4. The van der Waals surface area contributed by atoms with Crippen molar-refractivity contribution in [2.24, 2.45) is 11.8 Å². The van der Waals surface area contributed by atoms with Crippen molar-refractivity contribution in [3.63, 3.8) is 0 Å². The van der Waals surface area contributed by atoms with Crippen LogP contribution in [0.3, 0.4) is 0 Å². The minimum absolute atomic E-state index is 0. The Hall–Kier alpha value is 0.576. The first kappa shape index (κ1) is 31.8.